The zero-order chi connectivity index (χ0) is 14.9. The number of halogens is 1. The molecule has 1 heterocycles. The molecule has 0 aliphatic rings. The highest BCUT2D eigenvalue weighted by atomic mass is 35.5. The van der Waals surface area contributed by atoms with Crippen LogP contribution in [0.5, 0.6) is 0 Å². The van der Waals surface area contributed by atoms with E-state index in [0.717, 1.165) is 5.39 Å². The number of carbonyl (C=O) groups is 1. The molecule has 106 valence electrons. The van der Waals surface area contributed by atoms with E-state index >= 15 is 0 Å². The van der Waals surface area contributed by atoms with E-state index in [4.69, 9.17) is 16.0 Å². The van der Waals surface area contributed by atoms with E-state index in [2.05, 4.69) is 0 Å². The van der Waals surface area contributed by atoms with Gasteiger partial charge in [-0.15, -0.1) is 0 Å². The van der Waals surface area contributed by atoms with Crippen LogP contribution < -0.4 is 5.63 Å². The number of hydrogen-bond donors (Lipinski definition) is 0. The molecule has 2 aromatic rings. The first-order valence-corrected chi connectivity index (χ1v) is 6.91. The Hall–Kier alpha value is -1.61. The van der Waals surface area contributed by atoms with E-state index in [-0.39, 0.29) is 11.2 Å². The van der Waals surface area contributed by atoms with Gasteiger partial charge in [-0.2, -0.15) is 0 Å². The van der Waals surface area contributed by atoms with Crippen LogP contribution in [0.3, 0.4) is 0 Å². The standard InChI is InChI=1S/C16H17ClO3/c1-16(2,3)14(18)7-6-12-8-10-4-5-11(17)9-13(10)15(19)20-12/h4-5,8-9H,6-7H2,1-3H3. The van der Waals surface area contributed by atoms with Crippen molar-refractivity contribution in [3.05, 3.63) is 45.5 Å². The quantitative estimate of drug-likeness (QED) is 0.859. The molecule has 0 fully saturated rings. The summed E-state index contributed by atoms with van der Waals surface area (Å²) in [6, 6.07) is 6.90. The number of ketones is 1. The molecular formula is C16H17ClO3. The van der Waals surface area contributed by atoms with Crippen LogP contribution in [-0.4, -0.2) is 5.78 Å². The Bertz CT molecular complexity index is 708. The van der Waals surface area contributed by atoms with Gasteiger partial charge in [0, 0.05) is 23.3 Å². The number of fused-ring (bicyclic) bond motifs is 1. The number of aryl methyl sites for hydroxylation is 1. The van der Waals surface area contributed by atoms with Gasteiger partial charge in [-0.1, -0.05) is 38.4 Å². The van der Waals surface area contributed by atoms with Crippen LogP contribution >= 0.6 is 11.6 Å². The van der Waals surface area contributed by atoms with Gasteiger partial charge < -0.3 is 4.42 Å². The molecule has 0 unspecified atom stereocenters. The van der Waals surface area contributed by atoms with Gasteiger partial charge in [0.05, 0.1) is 5.39 Å². The van der Waals surface area contributed by atoms with Crippen LogP contribution in [0.1, 0.15) is 33.0 Å². The van der Waals surface area contributed by atoms with Crippen molar-refractivity contribution in [2.75, 3.05) is 0 Å². The molecule has 2 rings (SSSR count). The second-order valence-electron chi connectivity index (χ2n) is 5.90. The van der Waals surface area contributed by atoms with Gasteiger partial charge in [-0.05, 0) is 23.6 Å². The summed E-state index contributed by atoms with van der Waals surface area (Å²) < 4.78 is 5.24. The molecule has 0 amide bonds. The van der Waals surface area contributed by atoms with Crippen molar-refractivity contribution in [3.63, 3.8) is 0 Å². The zero-order valence-corrected chi connectivity index (χ0v) is 12.6. The average Bonchev–Trinajstić information content (AvgIpc) is 2.35. The van der Waals surface area contributed by atoms with Gasteiger partial charge >= 0.3 is 5.63 Å². The Morgan fingerprint density at radius 2 is 1.95 bits per heavy atom. The molecule has 1 aromatic carbocycles. The molecular weight excluding hydrogens is 276 g/mol. The fraction of sp³-hybridized carbons (Fsp3) is 0.375. The van der Waals surface area contributed by atoms with Gasteiger partial charge in [0.15, 0.2) is 0 Å². The zero-order valence-electron chi connectivity index (χ0n) is 11.8. The minimum Gasteiger partial charge on any atom is -0.427 e. The number of carbonyl (C=O) groups excluding carboxylic acids is 1. The number of Topliss-reactive ketones (excluding diaryl/α,β-unsaturated/α-hetero) is 1. The van der Waals surface area contributed by atoms with Crippen LogP contribution in [0.4, 0.5) is 0 Å². The maximum atomic E-state index is 11.9. The fourth-order valence-corrected chi connectivity index (χ4v) is 2.12. The summed E-state index contributed by atoms with van der Waals surface area (Å²) in [5.41, 5.74) is -0.784. The van der Waals surface area contributed by atoms with Crippen molar-refractivity contribution in [2.45, 2.75) is 33.6 Å². The molecule has 0 saturated carbocycles. The maximum Gasteiger partial charge on any atom is 0.343 e. The predicted octanol–water partition coefficient (Wildman–Crippen LogP) is 3.99. The highest BCUT2D eigenvalue weighted by molar-refractivity contribution is 6.31. The van der Waals surface area contributed by atoms with E-state index in [9.17, 15) is 9.59 Å². The van der Waals surface area contributed by atoms with Gasteiger partial charge in [0.25, 0.3) is 0 Å². The Labute approximate surface area is 122 Å². The molecule has 0 radical (unpaired) electrons. The fourth-order valence-electron chi connectivity index (χ4n) is 1.94. The summed E-state index contributed by atoms with van der Waals surface area (Å²) in [5.74, 6) is 0.679. The largest absolute Gasteiger partial charge is 0.427 e. The lowest BCUT2D eigenvalue weighted by atomic mass is 9.88. The number of benzene rings is 1. The third kappa shape index (κ3) is 3.28. The van der Waals surface area contributed by atoms with E-state index in [1.165, 1.54) is 0 Å². The van der Waals surface area contributed by atoms with Gasteiger partial charge in [-0.3, -0.25) is 4.79 Å². The van der Waals surface area contributed by atoms with Crippen LogP contribution in [-0.2, 0) is 11.2 Å². The second kappa shape index (κ2) is 5.41. The molecule has 0 bridgehead atoms. The topological polar surface area (TPSA) is 47.3 Å². The molecule has 4 heteroatoms. The second-order valence-corrected chi connectivity index (χ2v) is 6.34. The molecule has 0 N–H and O–H groups in total. The molecule has 20 heavy (non-hydrogen) atoms. The Kier molecular flexibility index (Phi) is 4.00. The first-order valence-electron chi connectivity index (χ1n) is 6.53. The van der Waals surface area contributed by atoms with E-state index in [1.54, 1.807) is 24.3 Å². The first kappa shape index (κ1) is 14.8. The summed E-state index contributed by atoms with van der Waals surface area (Å²) in [7, 11) is 0. The molecule has 1 aromatic heterocycles. The average molecular weight is 293 g/mol. The minimum atomic E-state index is -0.414. The predicted molar refractivity (Wildman–Crippen MR) is 80.3 cm³/mol. The molecule has 0 saturated heterocycles. The lowest BCUT2D eigenvalue weighted by molar-refractivity contribution is -0.126. The smallest absolute Gasteiger partial charge is 0.343 e. The molecule has 0 aliphatic carbocycles. The van der Waals surface area contributed by atoms with Gasteiger partial charge in [0.2, 0.25) is 0 Å². The third-order valence-electron chi connectivity index (χ3n) is 3.21. The first-order chi connectivity index (χ1) is 9.27. The van der Waals surface area contributed by atoms with E-state index < -0.39 is 5.63 Å². The summed E-state index contributed by atoms with van der Waals surface area (Å²) in [6.45, 7) is 5.65. The molecule has 0 spiro atoms. The van der Waals surface area contributed by atoms with Crippen molar-refractivity contribution in [3.8, 4) is 0 Å². The molecule has 3 nitrogen and oxygen atoms in total. The normalized spacial score (nSPS) is 11.8. The molecule has 0 aliphatic heterocycles. The Morgan fingerprint density at radius 3 is 2.60 bits per heavy atom. The van der Waals surface area contributed by atoms with E-state index in [0.29, 0.717) is 29.0 Å². The monoisotopic (exact) mass is 292 g/mol. The van der Waals surface area contributed by atoms with Gasteiger partial charge in [0.1, 0.15) is 11.5 Å². The van der Waals surface area contributed by atoms with Crippen LogP contribution in [0.25, 0.3) is 10.8 Å². The van der Waals surface area contributed by atoms with Crippen molar-refractivity contribution in [1.29, 1.82) is 0 Å². The summed E-state index contributed by atoms with van der Waals surface area (Å²) in [6.07, 6.45) is 0.801. The van der Waals surface area contributed by atoms with Crippen molar-refractivity contribution in [2.24, 2.45) is 5.41 Å². The highest BCUT2D eigenvalue weighted by Crippen LogP contribution is 2.20. The van der Waals surface area contributed by atoms with Crippen LogP contribution in [0.2, 0.25) is 5.02 Å². The lowest BCUT2D eigenvalue weighted by Gasteiger charge is -2.15. The number of hydrogen-bond acceptors (Lipinski definition) is 3. The SMILES string of the molecule is CC(C)(C)C(=O)CCc1cc2ccc(Cl)cc2c(=O)o1. The van der Waals surface area contributed by atoms with Crippen LogP contribution in [0, 0.1) is 5.41 Å². The van der Waals surface area contributed by atoms with Crippen LogP contribution in [0.15, 0.2) is 33.5 Å². The van der Waals surface area contributed by atoms with Crippen molar-refractivity contribution in [1.82, 2.24) is 0 Å². The minimum absolute atomic E-state index is 0.149. The summed E-state index contributed by atoms with van der Waals surface area (Å²) in [4.78, 5) is 23.8. The number of rotatable bonds is 3. The summed E-state index contributed by atoms with van der Waals surface area (Å²) in [5, 5.41) is 1.74. The Balaban J connectivity index is 2.27. The van der Waals surface area contributed by atoms with Crippen molar-refractivity contribution < 1.29 is 9.21 Å². The third-order valence-corrected chi connectivity index (χ3v) is 3.45. The Morgan fingerprint density at radius 1 is 1.25 bits per heavy atom. The molecule has 0 atom stereocenters. The van der Waals surface area contributed by atoms with E-state index in [1.807, 2.05) is 20.8 Å². The van der Waals surface area contributed by atoms with Crippen molar-refractivity contribution >= 4 is 28.2 Å². The van der Waals surface area contributed by atoms with Gasteiger partial charge in [-0.25, -0.2) is 4.79 Å². The summed E-state index contributed by atoms with van der Waals surface area (Å²) >= 11 is 5.86. The maximum absolute atomic E-state index is 11.9. The lowest BCUT2D eigenvalue weighted by Crippen LogP contribution is -2.20. The highest BCUT2D eigenvalue weighted by Gasteiger charge is 2.21.